The Hall–Kier alpha value is -2.40. The second-order valence-corrected chi connectivity index (χ2v) is 6.06. The van der Waals surface area contributed by atoms with Crippen LogP contribution < -0.4 is 5.32 Å². The van der Waals surface area contributed by atoms with Gasteiger partial charge in [-0.05, 0) is 37.1 Å². The zero-order valence-electron chi connectivity index (χ0n) is 13.3. The van der Waals surface area contributed by atoms with Gasteiger partial charge in [0.25, 0.3) is 0 Å². The van der Waals surface area contributed by atoms with Gasteiger partial charge >= 0.3 is 0 Å². The molecular weight excluding hydrogens is 286 g/mol. The molecule has 1 fully saturated rings. The van der Waals surface area contributed by atoms with Crippen molar-refractivity contribution in [1.29, 1.82) is 0 Å². The minimum absolute atomic E-state index is 0.352. The third kappa shape index (κ3) is 2.68. The molecule has 4 rings (SSSR count). The molecule has 0 saturated carbocycles. The van der Waals surface area contributed by atoms with Crippen LogP contribution in [0.3, 0.4) is 0 Å². The topological polar surface area (TPSA) is 56.8 Å². The fourth-order valence-corrected chi connectivity index (χ4v) is 3.52. The first kappa shape index (κ1) is 14.2. The van der Waals surface area contributed by atoms with Crippen molar-refractivity contribution in [3.05, 3.63) is 54.1 Å². The van der Waals surface area contributed by atoms with Crippen LogP contribution in [-0.4, -0.2) is 33.4 Å². The molecular formula is C18H21N5. The van der Waals surface area contributed by atoms with Gasteiger partial charge in [-0.2, -0.15) is 0 Å². The molecule has 23 heavy (non-hydrogen) atoms. The van der Waals surface area contributed by atoms with E-state index in [9.17, 15) is 0 Å². The lowest BCUT2D eigenvalue weighted by Crippen LogP contribution is -2.23. The molecule has 118 valence electrons. The summed E-state index contributed by atoms with van der Waals surface area (Å²) in [7, 11) is 1.88. The average molecular weight is 307 g/mol. The molecule has 1 saturated heterocycles. The number of aromatic nitrogens is 3. The van der Waals surface area contributed by atoms with Crippen molar-refractivity contribution in [2.45, 2.75) is 25.4 Å². The molecule has 1 aliphatic heterocycles. The van der Waals surface area contributed by atoms with E-state index >= 15 is 0 Å². The lowest BCUT2D eigenvalue weighted by atomic mass is 10.1. The molecule has 5 heteroatoms. The van der Waals surface area contributed by atoms with Crippen LogP contribution in [0.2, 0.25) is 0 Å². The molecule has 0 aliphatic carbocycles. The van der Waals surface area contributed by atoms with E-state index < -0.39 is 0 Å². The molecule has 1 atom stereocenters. The van der Waals surface area contributed by atoms with Crippen LogP contribution >= 0.6 is 0 Å². The Morgan fingerprint density at radius 1 is 1.30 bits per heavy atom. The van der Waals surface area contributed by atoms with Crippen LogP contribution in [0.1, 0.15) is 30.1 Å². The number of H-pyrrole nitrogens is 1. The Balaban J connectivity index is 1.61. The molecule has 1 aromatic carbocycles. The van der Waals surface area contributed by atoms with E-state index in [0.29, 0.717) is 6.04 Å². The molecule has 3 heterocycles. The standard InChI is InChI=1S/C18H21N5/c1-19-18-11-20-10-16(22-18)17-6-3-9-23(17)12-13-4-2-5-15-14(13)7-8-21-15/h2,4-5,7-8,10-11,17,21H,3,6,9,12H2,1H3,(H,19,22)/t17-/m1/s1. The maximum Gasteiger partial charge on any atom is 0.144 e. The zero-order chi connectivity index (χ0) is 15.6. The molecule has 1 aliphatic rings. The van der Waals surface area contributed by atoms with E-state index in [0.717, 1.165) is 31.0 Å². The number of nitrogens with zero attached hydrogens (tertiary/aromatic N) is 3. The van der Waals surface area contributed by atoms with Crippen LogP contribution in [-0.2, 0) is 6.54 Å². The minimum atomic E-state index is 0.352. The van der Waals surface area contributed by atoms with E-state index in [2.05, 4.69) is 44.5 Å². The van der Waals surface area contributed by atoms with Gasteiger partial charge in [-0.15, -0.1) is 0 Å². The summed E-state index contributed by atoms with van der Waals surface area (Å²) in [5.41, 5.74) is 3.64. The predicted octanol–water partition coefficient (Wildman–Crippen LogP) is 3.34. The normalized spacial score (nSPS) is 18.6. The number of hydrogen-bond acceptors (Lipinski definition) is 4. The SMILES string of the molecule is CNc1cncc([C@H]2CCCN2Cc2cccc3[nH]ccc23)n1. The van der Waals surface area contributed by atoms with Crippen LogP contribution in [0.15, 0.2) is 42.9 Å². The average Bonchev–Trinajstić information content (AvgIpc) is 3.24. The number of hydrogen-bond donors (Lipinski definition) is 2. The molecule has 0 bridgehead atoms. The molecule has 0 spiro atoms. The van der Waals surface area contributed by atoms with Crippen molar-refractivity contribution >= 4 is 16.7 Å². The van der Waals surface area contributed by atoms with Crippen LogP contribution in [0.4, 0.5) is 5.82 Å². The number of rotatable bonds is 4. The second-order valence-electron chi connectivity index (χ2n) is 6.06. The smallest absolute Gasteiger partial charge is 0.144 e. The Morgan fingerprint density at radius 2 is 2.26 bits per heavy atom. The van der Waals surface area contributed by atoms with E-state index in [1.54, 1.807) is 6.20 Å². The number of nitrogens with one attached hydrogen (secondary N) is 2. The molecule has 0 radical (unpaired) electrons. The summed E-state index contributed by atoms with van der Waals surface area (Å²) in [5.74, 6) is 0.835. The number of likely N-dealkylation sites (tertiary alicyclic amines) is 1. The Kier molecular flexibility index (Phi) is 3.71. The summed E-state index contributed by atoms with van der Waals surface area (Å²) in [4.78, 5) is 14.8. The van der Waals surface area contributed by atoms with Crippen molar-refractivity contribution in [2.24, 2.45) is 0 Å². The first-order valence-corrected chi connectivity index (χ1v) is 8.14. The highest BCUT2D eigenvalue weighted by molar-refractivity contribution is 5.82. The first-order valence-electron chi connectivity index (χ1n) is 8.14. The van der Waals surface area contributed by atoms with Gasteiger partial charge in [0.2, 0.25) is 0 Å². The highest BCUT2D eigenvalue weighted by Crippen LogP contribution is 2.33. The van der Waals surface area contributed by atoms with Crippen molar-refractivity contribution in [3.8, 4) is 0 Å². The van der Waals surface area contributed by atoms with E-state index in [1.165, 1.54) is 22.9 Å². The molecule has 0 amide bonds. The fraction of sp³-hybridized carbons (Fsp3) is 0.333. The minimum Gasteiger partial charge on any atom is -0.372 e. The van der Waals surface area contributed by atoms with Crippen LogP contribution in [0.25, 0.3) is 10.9 Å². The lowest BCUT2D eigenvalue weighted by molar-refractivity contribution is 0.245. The molecule has 0 unspecified atom stereocenters. The largest absolute Gasteiger partial charge is 0.372 e. The highest BCUT2D eigenvalue weighted by Gasteiger charge is 2.27. The summed E-state index contributed by atoms with van der Waals surface area (Å²) >= 11 is 0. The van der Waals surface area contributed by atoms with Crippen molar-refractivity contribution in [2.75, 3.05) is 18.9 Å². The van der Waals surface area contributed by atoms with Crippen LogP contribution in [0, 0.1) is 0 Å². The van der Waals surface area contributed by atoms with Gasteiger partial charge in [-0.3, -0.25) is 9.88 Å². The number of fused-ring (bicyclic) bond motifs is 1. The van der Waals surface area contributed by atoms with E-state index in [-0.39, 0.29) is 0 Å². The summed E-state index contributed by atoms with van der Waals surface area (Å²) in [6.45, 7) is 2.06. The summed E-state index contributed by atoms with van der Waals surface area (Å²) in [6, 6.07) is 8.99. The summed E-state index contributed by atoms with van der Waals surface area (Å²) in [5, 5.41) is 4.39. The van der Waals surface area contributed by atoms with Crippen molar-refractivity contribution < 1.29 is 0 Å². The summed E-state index contributed by atoms with van der Waals surface area (Å²) < 4.78 is 0. The van der Waals surface area contributed by atoms with Crippen molar-refractivity contribution in [3.63, 3.8) is 0 Å². The van der Waals surface area contributed by atoms with Gasteiger partial charge < -0.3 is 10.3 Å². The fourth-order valence-electron chi connectivity index (χ4n) is 3.52. The molecule has 2 aromatic heterocycles. The van der Waals surface area contributed by atoms with E-state index in [1.807, 2.05) is 19.4 Å². The molecule has 3 aromatic rings. The third-order valence-electron chi connectivity index (χ3n) is 4.67. The highest BCUT2D eigenvalue weighted by atomic mass is 15.2. The second kappa shape index (κ2) is 6.01. The molecule has 5 nitrogen and oxygen atoms in total. The van der Waals surface area contributed by atoms with Crippen molar-refractivity contribution in [1.82, 2.24) is 19.9 Å². The monoisotopic (exact) mass is 307 g/mol. The first-order chi connectivity index (χ1) is 11.3. The maximum atomic E-state index is 4.70. The summed E-state index contributed by atoms with van der Waals surface area (Å²) in [6.07, 6.45) is 8.03. The Morgan fingerprint density at radius 3 is 3.17 bits per heavy atom. The van der Waals surface area contributed by atoms with Gasteiger partial charge in [0.1, 0.15) is 5.82 Å². The number of anilines is 1. The predicted molar refractivity (Wildman–Crippen MR) is 92.3 cm³/mol. The number of aromatic amines is 1. The molecule has 2 N–H and O–H groups in total. The van der Waals surface area contributed by atoms with E-state index in [4.69, 9.17) is 4.98 Å². The van der Waals surface area contributed by atoms with Gasteiger partial charge in [0.15, 0.2) is 0 Å². The zero-order valence-corrected chi connectivity index (χ0v) is 13.3. The van der Waals surface area contributed by atoms with Gasteiger partial charge in [0, 0.05) is 30.7 Å². The lowest BCUT2D eigenvalue weighted by Gasteiger charge is -2.24. The van der Waals surface area contributed by atoms with Gasteiger partial charge in [0.05, 0.1) is 24.1 Å². The third-order valence-corrected chi connectivity index (χ3v) is 4.67. The van der Waals surface area contributed by atoms with Crippen LogP contribution in [0.5, 0.6) is 0 Å². The Labute approximate surface area is 135 Å². The van der Waals surface area contributed by atoms with Gasteiger partial charge in [-0.25, -0.2) is 4.98 Å². The number of benzene rings is 1. The van der Waals surface area contributed by atoms with Gasteiger partial charge in [-0.1, -0.05) is 12.1 Å². The quantitative estimate of drug-likeness (QED) is 0.776. The Bertz CT molecular complexity index is 810. The maximum absolute atomic E-state index is 4.70.